The first-order valence-electron chi connectivity index (χ1n) is 13.8. The number of nitrogens with zero attached hydrogens (tertiary/aromatic N) is 6. The number of aliphatic carboxylic acids is 1. The maximum absolute atomic E-state index is 11.9. The summed E-state index contributed by atoms with van der Waals surface area (Å²) in [5.74, 6) is -0.490. The molecule has 0 amide bonds. The van der Waals surface area contributed by atoms with Crippen LogP contribution in [-0.2, 0) is 24.2 Å². The summed E-state index contributed by atoms with van der Waals surface area (Å²) in [7, 11) is 0. The van der Waals surface area contributed by atoms with Crippen molar-refractivity contribution in [3.63, 3.8) is 0 Å². The van der Waals surface area contributed by atoms with E-state index in [1.807, 2.05) is 13.8 Å². The lowest BCUT2D eigenvalue weighted by Crippen LogP contribution is -2.38. The van der Waals surface area contributed by atoms with Crippen LogP contribution in [0.1, 0.15) is 54.8 Å². The summed E-state index contributed by atoms with van der Waals surface area (Å²) in [6.07, 6.45) is 4.36. The van der Waals surface area contributed by atoms with Gasteiger partial charge in [0.1, 0.15) is 5.52 Å². The molecule has 10 heteroatoms. The minimum Gasteiger partial charge on any atom is -0.492 e. The van der Waals surface area contributed by atoms with E-state index in [-0.39, 0.29) is 17.7 Å². The number of hydrogen-bond acceptors (Lipinski definition) is 8. The number of fused-ring (bicyclic) bond motifs is 2. The molecule has 0 bridgehead atoms. The van der Waals surface area contributed by atoms with Crippen molar-refractivity contribution in [2.75, 3.05) is 29.4 Å². The number of aromatic hydroxyl groups is 1. The third-order valence-electron chi connectivity index (χ3n) is 8.46. The molecule has 1 saturated heterocycles. The SMILES string of the molecule is Cc1nc(C)c(-c2ccc3c(c2)CCN(c2nc(O)c4[nH]cnc4n2)C3)c(N2CCC(C)(C)CC2)c1CC(=O)O. The van der Waals surface area contributed by atoms with E-state index in [2.05, 4.69) is 61.8 Å². The van der Waals surface area contributed by atoms with Gasteiger partial charge < -0.3 is 25.0 Å². The van der Waals surface area contributed by atoms with E-state index in [1.54, 1.807) is 0 Å². The van der Waals surface area contributed by atoms with E-state index < -0.39 is 5.97 Å². The highest BCUT2D eigenvalue weighted by atomic mass is 16.4. The van der Waals surface area contributed by atoms with Crippen molar-refractivity contribution in [2.45, 2.75) is 59.9 Å². The fourth-order valence-corrected chi connectivity index (χ4v) is 6.09. The zero-order chi connectivity index (χ0) is 28.2. The molecule has 0 spiro atoms. The van der Waals surface area contributed by atoms with Crippen LogP contribution in [0.2, 0.25) is 0 Å². The lowest BCUT2D eigenvalue weighted by Gasteiger charge is -2.40. The number of carbonyl (C=O) groups is 1. The number of piperidine rings is 1. The Morgan fingerprint density at radius 3 is 2.55 bits per heavy atom. The van der Waals surface area contributed by atoms with Crippen molar-refractivity contribution in [3.05, 3.63) is 52.6 Å². The number of aromatic amines is 1. The molecular formula is C30H35N7O3. The van der Waals surface area contributed by atoms with Gasteiger partial charge in [0.15, 0.2) is 5.65 Å². The second kappa shape index (κ2) is 9.76. The Labute approximate surface area is 233 Å². The number of pyridine rings is 1. The predicted octanol–water partition coefficient (Wildman–Crippen LogP) is 4.55. The second-order valence-corrected chi connectivity index (χ2v) is 11.8. The van der Waals surface area contributed by atoms with Crippen molar-refractivity contribution in [3.8, 4) is 17.0 Å². The normalized spacial score (nSPS) is 16.8. The molecule has 208 valence electrons. The Hall–Kier alpha value is -4.21. The number of H-pyrrole nitrogens is 1. The fraction of sp³-hybridized carbons (Fsp3) is 0.433. The van der Waals surface area contributed by atoms with E-state index in [0.29, 0.717) is 30.2 Å². The summed E-state index contributed by atoms with van der Waals surface area (Å²) in [6.45, 7) is 11.7. The van der Waals surface area contributed by atoms with Gasteiger partial charge in [0.05, 0.1) is 18.4 Å². The minimum atomic E-state index is -0.842. The van der Waals surface area contributed by atoms with E-state index in [4.69, 9.17) is 4.98 Å². The molecule has 2 aliphatic rings. The van der Waals surface area contributed by atoms with Gasteiger partial charge in [-0.25, -0.2) is 4.98 Å². The lowest BCUT2D eigenvalue weighted by molar-refractivity contribution is -0.136. The highest BCUT2D eigenvalue weighted by Gasteiger charge is 2.31. The number of imidazole rings is 1. The van der Waals surface area contributed by atoms with Gasteiger partial charge in [-0.05, 0) is 55.2 Å². The first-order chi connectivity index (χ1) is 19.1. The zero-order valence-electron chi connectivity index (χ0n) is 23.5. The van der Waals surface area contributed by atoms with Crippen LogP contribution >= 0.6 is 0 Å². The highest BCUT2D eigenvalue weighted by Crippen LogP contribution is 2.42. The Balaban J connectivity index is 1.38. The molecule has 0 radical (unpaired) electrons. The summed E-state index contributed by atoms with van der Waals surface area (Å²) in [6, 6.07) is 6.51. The van der Waals surface area contributed by atoms with Gasteiger partial charge in [0.25, 0.3) is 0 Å². The number of aromatic nitrogens is 5. The van der Waals surface area contributed by atoms with Crippen LogP contribution in [0.3, 0.4) is 0 Å². The number of rotatable bonds is 5. The average Bonchev–Trinajstić information content (AvgIpc) is 3.39. The smallest absolute Gasteiger partial charge is 0.307 e. The Bertz CT molecular complexity index is 1620. The van der Waals surface area contributed by atoms with E-state index in [1.165, 1.54) is 17.5 Å². The Morgan fingerprint density at radius 1 is 1.02 bits per heavy atom. The number of carboxylic acid groups (broad SMARTS) is 1. The number of anilines is 2. The first kappa shape index (κ1) is 26.0. The van der Waals surface area contributed by atoms with Crippen molar-refractivity contribution in [1.29, 1.82) is 0 Å². The molecule has 10 nitrogen and oxygen atoms in total. The van der Waals surface area contributed by atoms with Gasteiger partial charge in [-0.3, -0.25) is 9.78 Å². The molecule has 5 heterocycles. The maximum Gasteiger partial charge on any atom is 0.307 e. The number of benzene rings is 1. The number of aryl methyl sites for hydroxylation is 2. The van der Waals surface area contributed by atoms with Crippen LogP contribution in [0.4, 0.5) is 11.6 Å². The zero-order valence-corrected chi connectivity index (χ0v) is 23.5. The van der Waals surface area contributed by atoms with Crippen molar-refractivity contribution < 1.29 is 15.0 Å². The molecule has 1 aromatic carbocycles. The topological polar surface area (TPSA) is 131 Å². The van der Waals surface area contributed by atoms with Crippen molar-refractivity contribution in [1.82, 2.24) is 24.9 Å². The lowest BCUT2D eigenvalue weighted by atomic mass is 9.82. The van der Waals surface area contributed by atoms with Gasteiger partial charge >= 0.3 is 5.97 Å². The molecule has 0 atom stereocenters. The van der Waals surface area contributed by atoms with Gasteiger partial charge in [0.2, 0.25) is 11.8 Å². The molecule has 6 rings (SSSR count). The largest absolute Gasteiger partial charge is 0.492 e. The van der Waals surface area contributed by atoms with Crippen LogP contribution in [0.5, 0.6) is 5.88 Å². The first-order valence-corrected chi connectivity index (χ1v) is 13.8. The molecule has 0 aliphatic carbocycles. The Morgan fingerprint density at radius 2 is 1.80 bits per heavy atom. The summed E-state index contributed by atoms with van der Waals surface area (Å²) in [4.78, 5) is 37.1. The maximum atomic E-state index is 11.9. The van der Waals surface area contributed by atoms with E-state index in [0.717, 1.165) is 66.1 Å². The van der Waals surface area contributed by atoms with Crippen LogP contribution in [0.25, 0.3) is 22.3 Å². The van der Waals surface area contributed by atoms with Gasteiger partial charge in [-0.2, -0.15) is 9.97 Å². The van der Waals surface area contributed by atoms with Crippen molar-refractivity contribution in [2.24, 2.45) is 5.41 Å². The summed E-state index contributed by atoms with van der Waals surface area (Å²) < 4.78 is 0. The molecule has 0 unspecified atom stereocenters. The van der Waals surface area contributed by atoms with E-state index >= 15 is 0 Å². The highest BCUT2D eigenvalue weighted by molar-refractivity contribution is 5.87. The van der Waals surface area contributed by atoms with Crippen LogP contribution in [-0.4, -0.2) is 60.7 Å². The Kier molecular flexibility index (Phi) is 6.35. The van der Waals surface area contributed by atoms with Crippen LogP contribution in [0, 0.1) is 19.3 Å². The molecule has 4 aromatic rings. The average molecular weight is 542 g/mol. The molecule has 0 saturated carbocycles. The van der Waals surface area contributed by atoms with Crippen LogP contribution < -0.4 is 9.80 Å². The summed E-state index contributed by atoms with van der Waals surface area (Å²) in [5, 5.41) is 20.1. The molecule has 3 aromatic heterocycles. The molecule has 1 fully saturated rings. The minimum absolute atomic E-state index is 0.0472. The summed E-state index contributed by atoms with van der Waals surface area (Å²) in [5.41, 5.74) is 9.20. The fourth-order valence-electron chi connectivity index (χ4n) is 6.09. The van der Waals surface area contributed by atoms with Crippen molar-refractivity contribution >= 4 is 28.8 Å². The summed E-state index contributed by atoms with van der Waals surface area (Å²) >= 11 is 0. The van der Waals surface area contributed by atoms with Crippen LogP contribution in [0.15, 0.2) is 24.5 Å². The van der Waals surface area contributed by atoms with E-state index in [9.17, 15) is 15.0 Å². The third-order valence-corrected chi connectivity index (χ3v) is 8.46. The number of hydrogen-bond donors (Lipinski definition) is 3. The molecule has 40 heavy (non-hydrogen) atoms. The predicted molar refractivity (Wildman–Crippen MR) is 154 cm³/mol. The second-order valence-electron chi connectivity index (χ2n) is 11.8. The quantitative estimate of drug-likeness (QED) is 0.333. The number of carboxylic acids is 1. The number of nitrogens with one attached hydrogen (secondary N) is 1. The standard InChI is InChI=1S/C30H35N7O3/c1-17-22(14-23(38)39)26(36-11-8-30(3,4)9-12-36)24(18(2)33-17)20-5-6-21-15-37(10-7-19(21)13-20)29-34-27-25(28(40)35-29)31-16-32-27/h5-6,13,16H,7-12,14-15H2,1-4H3,(H,38,39)(H2,31,32,34,35,40). The van der Waals surface area contributed by atoms with Gasteiger partial charge in [-0.15, -0.1) is 0 Å². The molecule has 3 N–H and O–H groups in total. The molecule has 2 aliphatic heterocycles. The monoisotopic (exact) mass is 541 g/mol. The van der Waals surface area contributed by atoms with Gasteiger partial charge in [0, 0.05) is 48.7 Å². The third kappa shape index (κ3) is 4.71. The van der Waals surface area contributed by atoms with Gasteiger partial charge in [-0.1, -0.05) is 32.0 Å². The molecular weight excluding hydrogens is 506 g/mol.